The molecule has 1 aromatic rings. The lowest BCUT2D eigenvalue weighted by Gasteiger charge is -2.26. The number of rotatable bonds is 3. The standard InChI is InChI=1S/C14H19BrN2O/c1-10-2-4-11(5-3-10)7-17-14(18)12-6-13(15)9-16-8-12/h6,8-11H,2-5,7H2,1H3,(H,17,18). The maximum Gasteiger partial charge on any atom is 0.252 e. The highest BCUT2D eigenvalue weighted by Crippen LogP contribution is 2.27. The number of aromatic nitrogens is 1. The minimum Gasteiger partial charge on any atom is -0.352 e. The molecule has 0 spiro atoms. The van der Waals surface area contributed by atoms with Crippen LogP contribution >= 0.6 is 15.9 Å². The zero-order valence-electron chi connectivity index (χ0n) is 10.7. The number of amides is 1. The number of pyridine rings is 1. The largest absolute Gasteiger partial charge is 0.352 e. The number of carbonyl (C=O) groups excluding carboxylic acids is 1. The fourth-order valence-corrected chi connectivity index (χ4v) is 2.77. The fraction of sp³-hybridized carbons (Fsp3) is 0.571. The van der Waals surface area contributed by atoms with Crippen LogP contribution in [0, 0.1) is 11.8 Å². The van der Waals surface area contributed by atoms with Crippen LogP contribution in [0.2, 0.25) is 0 Å². The van der Waals surface area contributed by atoms with Crippen molar-refractivity contribution in [2.24, 2.45) is 11.8 Å². The van der Waals surface area contributed by atoms with Crippen LogP contribution in [0.3, 0.4) is 0 Å². The Labute approximate surface area is 117 Å². The molecule has 0 unspecified atom stereocenters. The smallest absolute Gasteiger partial charge is 0.252 e. The zero-order valence-corrected chi connectivity index (χ0v) is 12.2. The van der Waals surface area contributed by atoms with Crippen molar-refractivity contribution in [3.63, 3.8) is 0 Å². The molecule has 2 rings (SSSR count). The van der Waals surface area contributed by atoms with Crippen molar-refractivity contribution >= 4 is 21.8 Å². The average Bonchev–Trinajstić information content (AvgIpc) is 2.38. The number of carbonyl (C=O) groups is 1. The molecule has 1 fully saturated rings. The first-order valence-corrected chi connectivity index (χ1v) is 7.33. The zero-order chi connectivity index (χ0) is 13.0. The van der Waals surface area contributed by atoms with E-state index in [4.69, 9.17) is 0 Å². The molecule has 0 saturated heterocycles. The van der Waals surface area contributed by atoms with Crippen LogP contribution in [0.15, 0.2) is 22.9 Å². The van der Waals surface area contributed by atoms with Crippen LogP contribution < -0.4 is 5.32 Å². The lowest BCUT2D eigenvalue weighted by Crippen LogP contribution is -2.31. The molecule has 0 aliphatic heterocycles. The van der Waals surface area contributed by atoms with Crippen molar-refractivity contribution in [1.82, 2.24) is 10.3 Å². The summed E-state index contributed by atoms with van der Waals surface area (Å²) in [6.45, 7) is 3.10. The maximum absolute atomic E-state index is 11.9. The van der Waals surface area contributed by atoms with E-state index in [0.29, 0.717) is 11.5 Å². The van der Waals surface area contributed by atoms with Gasteiger partial charge in [0.1, 0.15) is 0 Å². The van der Waals surface area contributed by atoms with E-state index in [9.17, 15) is 4.79 Å². The quantitative estimate of drug-likeness (QED) is 0.929. The Morgan fingerprint density at radius 2 is 2.11 bits per heavy atom. The van der Waals surface area contributed by atoms with Gasteiger partial charge < -0.3 is 5.32 Å². The van der Waals surface area contributed by atoms with Gasteiger partial charge in [0, 0.05) is 23.4 Å². The molecule has 98 valence electrons. The van der Waals surface area contributed by atoms with E-state index >= 15 is 0 Å². The Hall–Kier alpha value is -0.900. The topological polar surface area (TPSA) is 42.0 Å². The Balaban J connectivity index is 1.81. The van der Waals surface area contributed by atoms with E-state index in [1.807, 2.05) is 0 Å². The summed E-state index contributed by atoms with van der Waals surface area (Å²) in [7, 11) is 0. The van der Waals surface area contributed by atoms with Gasteiger partial charge in [-0.05, 0) is 46.7 Å². The third-order valence-corrected chi connectivity index (χ3v) is 4.09. The highest BCUT2D eigenvalue weighted by atomic mass is 79.9. The van der Waals surface area contributed by atoms with Crippen LogP contribution in [-0.2, 0) is 0 Å². The summed E-state index contributed by atoms with van der Waals surface area (Å²) in [5.41, 5.74) is 0.619. The minimum absolute atomic E-state index is 0.0255. The van der Waals surface area contributed by atoms with Crippen LogP contribution in [0.4, 0.5) is 0 Å². The van der Waals surface area contributed by atoms with Crippen molar-refractivity contribution in [3.8, 4) is 0 Å². The molecule has 1 aliphatic rings. The maximum atomic E-state index is 11.9. The Morgan fingerprint density at radius 3 is 2.78 bits per heavy atom. The Bertz CT molecular complexity index is 414. The number of hydrogen-bond acceptors (Lipinski definition) is 2. The molecule has 1 heterocycles. The molecule has 3 nitrogen and oxygen atoms in total. The molecule has 1 saturated carbocycles. The van der Waals surface area contributed by atoms with Crippen molar-refractivity contribution in [1.29, 1.82) is 0 Å². The molecule has 0 atom stereocenters. The van der Waals surface area contributed by atoms with E-state index in [0.717, 1.165) is 16.9 Å². The summed E-state index contributed by atoms with van der Waals surface area (Å²) in [5.74, 6) is 1.47. The molecule has 0 aromatic carbocycles. The minimum atomic E-state index is -0.0255. The second-order valence-electron chi connectivity index (χ2n) is 5.23. The predicted molar refractivity (Wildman–Crippen MR) is 75.4 cm³/mol. The van der Waals surface area contributed by atoms with E-state index < -0.39 is 0 Å². The van der Waals surface area contributed by atoms with Crippen molar-refractivity contribution in [2.75, 3.05) is 6.54 Å². The number of nitrogens with zero attached hydrogens (tertiary/aromatic N) is 1. The summed E-state index contributed by atoms with van der Waals surface area (Å²) >= 11 is 3.32. The summed E-state index contributed by atoms with van der Waals surface area (Å²) in [5, 5.41) is 3.01. The van der Waals surface area contributed by atoms with Gasteiger partial charge in [0.15, 0.2) is 0 Å². The van der Waals surface area contributed by atoms with Crippen LogP contribution in [0.5, 0.6) is 0 Å². The van der Waals surface area contributed by atoms with Gasteiger partial charge in [-0.1, -0.05) is 19.8 Å². The highest BCUT2D eigenvalue weighted by molar-refractivity contribution is 9.10. The van der Waals surface area contributed by atoms with Gasteiger partial charge in [-0.15, -0.1) is 0 Å². The number of halogens is 1. The Kier molecular flexibility index (Phi) is 4.75. The van der Waals surface area contributed by atoms with Gasteiger partial charge in [0.05, 0.1) is 5.56 Å². The second kappa shape index (κ2) is 6.32. The lowest BCUT2D eigenvalue weighted by molar-refractivity contribution is 0.0941. The molecule has 0 radical (unpaired) electrons. The van der Waals surface area contributed by atoms with Crippen LogP contribution in [-0.4, -0.2) is 17.4 Å². The monoisotopic (exact) mass is 310 g/mol. The first-order chi connectivity index (χ1) is 8.65. The van der Waals surface area contributed by atoms with Gasteiger partial charge >= 0.3 is 0 Å². The van der Waals surface area contributed by atoms with Gasteiger partial charge in [-0.3, -0.25) is 9.78 Å². The van der Waals surface area contributed by atoms with Gasteiger partial charge in [-0.25, -0.2) is 0 Å². The third kappa shape index (κ3) is 3.80. The van der Waals surface area contributed by atoms with Crippen LogP contribution in [0.1, 0.15) is 43.0 Å². The molecule has 1 aromatic heterocycles. The van der Waals surface area contributed by atoms with E-state index in [1.165, 1.54) is 25.7 Å². The lowest BCUT2D eigenvalue weighted by atomic mass is 9.83. The fourth-order valence-electron chi connectivity index (χ4n) is 2.41. The molecular formula is C14H19BrN2O. The second-order valence-corrected chi connectivity index (χ2v) is 6.14. The van der Waals surface area contributed by atoms with Crippen molar-refractivity contribution in [3.05, 3.63) is 28.5 Å². The predicted octanol–water partition coefficient (Wildman–Crippen LogP) is 3.40. The Morgan fingerprint density at radius 1 is 1.39 bits per heavy atom. The van der Waals surface area contributed by atoms with E-state index in [1.54, 1.807) is 18.5 Å². The normalized spacial score (nSPS) is 23.7. The first-order valence-electron chi connectivity index (χ1n) is 6.54. The molecule has 0 bridgehead atoms. The molecule has 18 heavy (non-hydrogen) atoms. The highest BCUT2D eigenvalue weighted by Gasteiger charge is 2.18. The molecule has 1 aliphatic carbocycles. The summed E-state index contributed by atoms with van der Waals surface area (Å²) < 4.78 is 0.835. The summed E-state index contributed by atoms with van der Waals surface area (Å²) in [6, 6.07) is 1.80. The molecule has 4 heteroatoms. The molecule has 1 amide bonds. The van der Waals surface area contributed by atoms with Gasteiger partial charge in [0.25, 0.3) is 5.91 Å². The first kappa shape index (κ1) is 13.5. The third-order valence-electron chi connectivity index (χ3n) is 3.65. The van der Waals surface area contributed by atoms with E-state index in [-0.39, 0.29) is 5.91 Å². The van der Waals surface area contributed by atoms with Crippen molar-refractivity contribution < 1.29 is 4.79 Å². The summed E-state index contributed by atoms with van der Waals surface area (Å²) in [4.78, 5) is 15.9. The molecular weight excluding hydrogens is 292 g/mol. The van der Waals surface area contributed by atoms with Gasteiger partial charge in [0.2, 0.25) is 0 Å². The van der Waals surface area contributed by atoms with Gasteiger partial charge in [-0.2, -0.15) is 0 Å². The van der Waals surface area contributed by atoms with Crippen molar-refractivity contribution in [2.45, 2.75) is 32.6 Å². The number of nitrogens with one attached hydrogen (secondary N) is 1. The molecule has 1 N–H and O–H groups in total. The van der Waals surface area contributed by atoms with E-state index in [2.05, 4.69) is 33.2 Å². The SMILES string of the molecule is CC1CCC(CNC(=O)c2cncc(Br)c2)CC1. The number of hydrogen-bond donors (Lipinski definition) is 1. The summed E-state index contributed by atoms with van der Waals surface area (Å²) in [6.07, 6.45) is 8.33. The van der Waals surface area contributed by atoms with Crippen LogP contribution in [0.25, 0.3) is 0 Å². The average molecular weight is 311 g/mol.